The Hall–Kier alpha value is -7.10. The number of ether oxygens (including phenoxy) is 2. The molecule has 6 N–H and O–H groups in total. The summed E-state index contributed by atoms with van der Waals surface area (Å²) in [7, 11) is 0.860. The second kappa shape index (κ2) is 24.9. The van der Waals surface area contributed by atoms with Crippen molar-refractivity contribution in [2.45, 2.75) is 109 Å². The van der Waals surface area contributed by atoms with E-state index in [-0.39, 0.29) is 17.7 Å². The number of aliphatic hydroxyl groups is 1. The Bertz CT molecular complexity index is 2720. The maximum absolute atomic E-state index is 15.1. The Morgan fingerprint density at radius 1 is 0.779 bits per heavy atom. The number of aromatic nitrogens is 2. The molecule has 77 heavy (non-hydrogen) atoms. The van der Waals surface area contributed by atoms with E-state index in [2.05, 4.69) is 54.0 Å². The SMILES string of the molecule is CCN1C2CCC1CN(c1ccc(C#Cc3ccc(C[C@H](NC(=O)[C@@H](NC(=O)OCCc4c(F)cc(-c5ccccn5)cc4F)C(C)(C)C(F)(F)F)[C@@H](O)CNNC(=O)[C@@H](NC(=O)OC)C(C)(C)C(F)(F)F)cc3)cn1)C2. The Labute approximate surface area is 440 Å². The molecule has 0 spiro atoms. The molecule has 2 aliphatic heterocycles. The van der Waals surface area contributed by atoms with Crippen LogP contribution in [-0.4, -0.2) is 133 Å². The molecule has 6 rings (SSSR count). The smallest absolute Gasteiger partial charge is 0.407 e. The van der Waals surface area contributed by atoms with Crippen molar-refractivity contribution < 1.29 is 68.9 Å². The van der Waals surface area contributed by atoms with Gasteiger partial charge in [-0.2, -0.15) is 26.3 Å². The van der Waals surface area contributed by atoms with Crippen LogP contribution in [0.15, 0.2) is 79.1 Å². The summed E-state index contributed by atoms with van der Waals surface area (Å²) in [5, 5.41) is 17.6. The third-order valence-corrected chi connectivity index (χ3v) is 14.0. The Kier molecular flexibility index (Phi) is 19.1. The van der Waals surface area contributed by atoms with Crippen LogP contribution < -0.4 is 31.7 Å². The summed E-state index contributed by atoms with van der Waals surface area (Å²) in [4.78, 5) is 65.9. The Balaban J connectivity index is 1.18. The molecule has 0 saturated carbocycles. The van der Waals surface area contributed by atoms with Gasteiger partial charge >= 0.3 is 24.5 Å². The minimum atomic E-state index is -5.18. The van der Waals surface area contributed by atoms with Crippen LogP contribution in [0.4, 0.5) is 50.5 Å². The largest absolute Gasteiger partial charge is 0.453 e. The molecular weight excluding hydrogens is 1030 g/mol. The predicted molar refractivity (Wildman–Crippen MR) is 266 cm³/mol. The average Bonchev–Trinajstić information content (AvgIpc) is 3.64. The molecule has 0 aliphatic carbocycles. The number of alkyl carbamates (subject to hydrolysis) is 2. The summed E-state index contributed by atoms with van der Waals surface area (Å²) in [5.74, 6) is 1.98. The van der Waals surface area contributed by atoms with E-state index < -0.39 is 108 Å². The van der Waals surface area contributed by atoms with E-state index >= 15 is 8.78 Å². The standard InChI is InChI=1S/C53H61F8N9O7/c1-7-70-35-18-19-36(70)30-69(29-35)43-20-17-33(27-63-43)16-13-31-11-14-32(15-12-31)24-41(42(71)28-64-68-47(73)45(66-48(74)76-6)51(4,5)53(59,60)61)65-46(72)44(50(2,3)52(56,57)58)67-49(75)77-23-21-37-38(54)25-34(26-39(37)55)40-10-8-9-22-62-40/h8-12,14-15,17,20,22,25-27,35-36,41-42,44-45,64,71H,7,18-19,21,23-24,28-30H2,1-6H3,(H,65,72)(H,66,74)(H,67,75)(H,68,73)/t35?,36?,41-,42-,44+,45+/m0/s1. The number of alkyl halides is 6. The van der Waals surface area contributed by atoms with Gasteiger partial charge in [-0.15, -0.1) is 0 Å². The highest BCUT2D eigenvalue weighted by Gasteiger charge is 2.57. The molecule has 4 amide bonds. The van der Waals surface area contributed by atoms with Gasteiger partial charge in [-0.3, -0.25) is 24.9 Å². The van der Waals surface area contributed by atoms with E-state index in [0.717, 1.165) is 57.5 Å². The molecule has 4 aromatic rings. The number of nitrogens with one attached hydrogen (secondary N) is 5. The molecule has 2 bridgehead atoms. The fraction of sp³-hybridized carbons (Fsp3) is 0.472. The first-order valence-corrected chi connectivity index (χ1v) is 24.6. The number of halogens is 8. The number of hydrogen-bond donors (Lipinski definition) is 6. The normalized spacial score (nSPS) is 17.5. The molecule has 2 fully saturated rings. The molecule has 4 heterocycles. The molecule has 2 aliphatic rings. The summed E-state index contributed by atoms with van der Waals surface area (Å²) in [6.45, 7) is 5.95. The second-order valence-corrected chi connectivity index (χ2v) is 19.8. The van der Waals surface area contributed by atoms with Crippen molar-refractivity contribution in [3.05, 3.63) is 113 Å². The molecule has 24 heteroatoms. The zero-order valence-electron chi connectivity index (χ0n) is 43.0. The quantitative estimate of drug-likeness (QED) is 0.0329. The van der Waals surface area contributed by atoms with Crippen LogP contribution in [0.5, 0.6) is 0 Å². The third kappa shape index (κ3) is 14.7. The van der Waals surface area contributed by atoms with Gasteiger partial charge in [-0.05, 0) is 108 Å². The number of likely N-dealkylation sites (N-methyl/N-ethyl adjacent to an activating group) is 1. The molecule has 6 atom stereocenters. The van der Waals surface area contributed by atoms with Crippen LogP contribution >= 0.6 is 0 Å². The number of carbonyl (C=O) groups is 4. The number of anilines is 1. The lowest BCUT2D eigenvalue weighted by Crippen LogP contribution is -2.63. The molecule has 16 nitrogen and oxygen atoms in total. The van der Waals surface area contributed by atoms with Crippen molar-refractivity contribution in [1.82, 2.24) is 41.7 Å². The number of rotatable bonds is 19. The Morgan fingerprint density at radius 2 is 1.36 bits per heavy atom. The number of piperazine rings is 1. The monoisotopic (exact) mass is 1090 g/mol. The van der Waals surface area contributed by atoms with Gasteiger partial charge in [-0.1, -0.05) is 37.0 Å². The van der Waals surface area contributed by atoms with Crippen LogP contribution in [0.1, 0.15) is 69.7 Å². The Morgan fingerprint density at radius 3 is 1.91 bits per heavy atom. The van der Waals surface area contributed by atoms with Crippen molar-refractivity contribution in [2.75, 3.05) is 44.8 Å². The number of fused-ring (bicyclic) bond motifs is 2. The zero-order chi connectivity index (χ0) is 56.5. The molecule has 2 aromatic carbocycles. The van der Waals surface area contributed by atoms with Crippen molar-refractivity contribution >= 4 is 29.8 Å². The second-order valence-electron chi connectivity index (χ2n) is 19.8. The minimum Gasteiger partial charge on any atom is -0.453 e. The number of carbonyl (C=O) groups excluding carboxylic acids is 4. The van der Waals surface area contributed by atoms with Crippen molar-refractivity contribution in [3.8, 4) is 23.1 Å². The predicted octanol–water partition coefficient (Wildman–Crippen LogP) is 6.74. The number of hydrazine groups is 1. The van der Waals surface area contributed by atoms with Gasteiger partial charge in [0, 0.05) is 72.8 Å². The van der Waals surface area contributed by atoms with Gasteiger partial charge in [0.15, 0.2) is 0 Å². The highest BCUT2D eigenvalue weighted by molar-refractivity contribution is 5.87. The van der Waals surface area contributed by atoms with Crippen LogP contribution in [0, 0.1) is 34.3 Å². The maximum atomic E-state index is 15.1. The summed E-state index contributed by atoms with van der Waals surface area (Å²) in [6.07, 6.45) is -10.5. The molecule has 416 valence electrons. The zero-order valence-corrected chi connectivity index (χ0v) is 43.0. The lowest BCUT2D eigenvalue weighted by Gasteiger charge is -2.41. The fourth-order valence-corrected chi connectivity index (χ4v) is 9.05. The van der Waals surface area contributed by atoms with Crippen molar-refractivity contribution in [3.63, 3.8) is 0 Å². The first-order chi connectivity index (χ1) is 36.2. The highest BCUT2D eigenvalue weighted by atomic mass is 19.4. The topological polar surface area (TPSA) is 199 Å². The third-order valence-electron chi connectivity index (χ3n) is 14.0. The van der Waals surface area contributed by atoms with E-state index in [4.69, 9.17) is 4.74 Å². The van der Waals surface area contributed by atoms with Gasteiger partial charge < -0.3 is 35.4 Å². The van der Waals surface area contributed by atoms with E-state index in [1.807, 2.05) is 28.2 Å². The maximum Gasteiger partial charge on any atom is 0.407 e. The van der Waals surface area contributed by atoms with E-state index in [0.29, 0.717) is 56.5 Å². The average molecular weight is 1090 g/mol. The number of amides is 4. The van der Waals surface area contributed by atoms with Crippen molar-refractivity contribution in [2.24, 2.45) is 10.8 Å². The number of aliphatic hydroxyl groups excluding tert-OH is 1. The number of hydrogen-bond acceptors (Lipinski definition) is 12. The molecular formula is C53H61F8N9O7. The number of methoxy groups -OCH3 is 1. The van der Waals surface area contributed by atoms with E-state index in [1.54, 1.807) is 42.6 Å². The van der Waals surface area contributed by atoms with Crippen LogP contribution in [0.2, 0.25) is 0 Å². The first-order valence-electron chi connectivity index (χ1n) is 24.6. The first kappa shape index (κ1) is 59.1. The van der Waals surface area contributed by atoms with Gasteiger partial charge in [-0.25, -0.2) is 28.8 Å². The molecule has 2 saturated heterocycles. The fourth-order valence-electron chi connectivity index (χ4n) is 9.05. The summed E-state index contributed by atoms with van der Waals surface area (Å²) in [6, 6.07) is 11.5. The minimum absolute atomic E-state index is 0.112. The lowest BCUT2D eigenvalue weighted by molar-refractivity contribution is -0.221. The van der Waals surface area contributed by atoms with Crippen LogP contribution in [0.25, 0.3) is 11.3 Å². The summed E-state index contributed by atoms with van der Waals surface area (Å²) < 4.78 is 126. The highest BCUT2D eigenvalue weighted by Crippen LogP contribution is 2.42. The molecule has 0 radical (unpaired) electrons. The van der Waals surface area contributed by atoms with Gasteiger partial charge in [0.25, 0.3) is 5.91 Å². The molecule has 2 unspecified atom stereocenters. The number of benzene rings is 2. The summed E-state index contributed by atoms with van der Waals surface area (Å²) >= 11 is 0. The molecule has 2 aromatic heterocycles. The van der Waals surface area contributed by atoms with Crippen molar-refractivity contribution in [1.29, 1.82) is 0 Å². The van der Waals surface area contributed by atoms with Crippen LogP contribution in [-0.2, 0) is 31.9 Å². The van der Waals surface area contributed by atoms with Gasteiger partial charge in [0.1, 0.15) is 29.5 Å². The van der Waals surface area contributed by atoms with E-state index in [9.17, 15) is 50.6 Å². The van der Waals surface area contributed by atoms with Gasteiger partial charge in [0.05, 0.1) is 42.4 Å². The number of nitrogens with zero attached hydrogens (tertiary/aromatic N) is 4. The van der Waals surface area contributed by atoms with Crippen LogP contribution in [0.3, 0.4) is 0 Å². The number of pyridine rings is 2. The lowest BCUT2D eigenvalue weighted by atomic mass is 9.82. The summed E-state index contributed by atoms with van der Waals surface area (Å²) in [5.41, 5.74) is -0.291. The van der Waals surface area contributed by atoms with E-state index in [1.165, 1.54) is 12.3 Å². The van der Waals surface area contributed by atoms with Gasteiger partial charge in [0.2, 0.25) is 5.91 Å².